The van der Waals surface area contributed by atoms with Gasteiger partial charge in [-0.2, -0.15) is 0 Å². The second-order valence-corrected chi connectivity index (χ2v) is 2.42. The van der Waals surface area contributed by atoms with E-state index < -0.39 is 37.8 Å². The zero-order valence-corrected chi connectivity index (χ0v) is 6.27. The van der Waals surface area contributed by atoms with Crippen LogP contribution in [0.2, 0.25) is 0 Å². The van der Waals surface area contributed by atoms with Gasteiger partial charge in [-0.25, -0.2) is 8.78 Å². The van der Waals surface area contributed by atoms with Crippen LogP contribution in [0.1, 0.15) is 0 Å². The second-order valence-electron chi connectivity index (χ2n) is 2.42. The SMILES string of the molecule is O[C@H]([C@H](O)[C@H](O)CF)[C@H](O)CF. The lowest BCUT2D eigenvalue weighted by Crippen LogP contribution is -2.46. The van der Waals surface area contributed by atoms with Crippen molar-refractivity contribution < 1.29 is 29.2 Å². The van der Waals surface area contributed by atoms with Gasteiger partial charge in [0.05, 0.1) is 0 Å². The van der Waals surface area contributed by atoms with Gasteiger partial charge in [-0.1, -0.05) is 0 Å². The molecule has 0 aliphatic carbocycles. The Morgan fingerprint density at radius 3 is 1.17 bits per heavy atom. The van der Waals surface area contributed by atoms with Crippen molar-refractivity contribution >= 4 is 0 Å². The minimum absolute atomic E-state index is 1.27. The summed E-state index contributed by atoms with van der Waals surface area (Å²) in [6.07, 6.45) is -7.36. The third kappa shape index (κ3) is 2.98. The summed E-state index contributed by atoms with van der Waals surface area (Å²) in [5, 5.41) is 34.9. The highest BCUT2D eigenvalue weighted by molar-refractivity contribution is 4.79. The predicted octanol–water partition coefficient (Wildman–Crippen LogP) is -1.63. The van der Waals surface area contributed by atoms with Crippen molar-refractivity contribution in [3.8, 4) is 0 Å². The molecule has 0 unspecified atom stereocenters. The van der Waals surface area contributed by atoms with Gasteiger partial charge in [0, 0.05) is 0 Å². The van der Waals surface area contributed by atoms with Crippen LogP contribution in [0.25, 0.3) is 0 Å². The minimum atomic E-state index is -1.87. The smallest absolute Gasteiger partial charge is 0.118 e. The van der Waals surface area contributed by atoms with Crippen molar-refractivity contribution in [1.82, 2.24) is 0 Å². The van der Waals surface area contributed by atoms with Gasteiger partial charge in [0.2, 0.25) is 0 Å². The maximum absolute atomic E-state index is 11.7. The van der Waals surface area contributed by atoms with Crippen LogP contribution in [0.5, 0.6) is 0 Å². The third-order valence-electron chi connectivity index (χ3n) is 1.45. The quantitative estimate of drug-likeness (QED) is 0.415. The summed E-state index contributed by atoms with van der Waals surface area (Å²) in [4.78, 5) is 0. The Labute approximate surface area is 68.1 Å². The Morgan fingerprint density at radius 1 is 0.750 bits per heavy atom. The van der Waals surface area contributed by atoms with E-state index in [1.165, 1.54) is 0 Å². The largest absolute Gasteiger partial charge is 0.388 e. The third-order valence-corrected chi connectivity index (χ3v) is 1.45. The fraction of sp³-hybridized carbons (Fsp3) is 1.00. The van der Waals surface area contributed by atoms with Gasteiger partial charge in [0.15, 0.2) is 0 Å². The number of halogens is 2. The van der Waals surface area contributed by atoms with Crippen LogP contribution in [0, 0.1) is 0 Å². The van der Waals surface area contributed by atoms with Crippen molar-refractivity contribution in [2.45, 2.75) is 24.4 Å². The summed E-state index contributed by atoms with van der Waals surface area (Å²) < 4.78 is 23.3. The molecule has 0 rings (SSSR count). The molecule has 74 valence electrons. The molecular formula is C6H12F2O4. The maximum Gasteiger partial charge on any atom is 0.118 e. The Morgan fingerprint density at radius 2 is 1.00 bits per heavy atom. The molecule has 0 spiro atoms. The predicted molar refractivity (Wildman–Crippen MR) is 36.0 cm³/mol. The van der Waals surface area contributed by atoms with Crippen LogP contribution in [-0.4, -0.2) is 58.2 Å². The molecule has 12 heavy (non-hydrogen) atoms. The molecule has 6 heteroatoms. The molecule has 0 aromatic carbocycles. The number of aliphatic hydroxyl groups excluding tert-OH is 4. The van der Waals surface area contributed by atoms with Gasteiger partial charge in [0.25, 0.3) is 0 Å². The molecule has 4 atom stereocenters. The number of alkyl halides is 2. The van der Waals surface area contributed by atoms with Gasteiger partial charge < -0.3 is 20.4 Å². The van der Waals surface area contributed by atoms with Crippen LogP contribution in [0.4, 0.5) is 8.78 Å². The number of hydrogen-bond acceptors (Lipinski definition) is 4. The van der Waals surface area contributed by atoms with Crippen molar-refractivity contribution in [2.24, 2.45) is 0 Å². The molecule has 4 nitrogen and oxygen atoms in total. The number of aliphatic hydroxyl groups is 4. The molecule has 0 saturated heterocycles. The van der Waals surface area contributed by atoms with Gasteiger partial charge in [0.1, 0.15) is 37.8 Å². The maximum atomic E-state index is 11.7. The van der Waals surface area contributed by atoms with Gasteiger partial charge in [-0.15, -0.1) is 0 Å². The van der Waals surface area contributed by atoms with Crippen LogP contribution in [0.15, 0.2) is 0 Å². The number of hydrogen-bond donors (Lipinski definition) is 4. The molecule has 0 fully saturated rings. The van der Waals surface area contributed by atoms with E-state index in [-0.39, 0.29) is 0 Å². The highest BCUT2D eigenvalue weighted by Gasteiger charge is 2.30. The van der Waals surface area contributed by atoms with Crippen LogP contribution >= 0.6 is 0 Å². The Balaban J connectivity index is 3.99. The van der Waals surface area contributed by atoms with Crippen LogP contribution < -0.4 is 0 Å². The molecule has 0 heterocycles. The van der Waals surface area contributed by atoms with Gasteiger partial charge in [-0.3, -0.25) is 0 Å². The molecule has 0 amide bonds. The first-order valence-electron chi connectivity index (χ1n) is 3.38. The summed E-state index contributed by atoms with van der Waals surface area (Å²) in [5.41, 5.74) is 0. The zero-order chi connectivity index (χ0) is 9.72. The summed E-state index contributed by atoms with van der Waals surface area (Å²) in [6.45, 7) is -2.53. The van der Waals surface area contributed by atoms with Crippen molar-refractivity contribution in [1.29, 1.82) is 0 Å². The Bertz CT molecular complexity index is 110. The van der Waals surface area contributed by atoms with E-state index in [1.807, 2.05) is 0 Å². The van der Waals surface area contributed by atoms with E-state index in [0.717, 1.165) is 0 Å². The Hall–Kier alpha value is -0.300. The lowest BCUT2D eigenvalue weighted by molar-refractivity contribution is -0.112. The first-order valence-corrected chi connectivity index (χ1v) is 3.38. The first kappa shape index (κ1) is 11.7. The lowest BCUT2D eigenvalue weighted by atomic mass is 10.0. The van der Waals surface area contributed by atoms with E-state index in [2.05, 4.69) is 0 Å². The highest BCUT2D eigenvalue weighted by Crippen LogP contribution is 2.05. The average Bonchev–Trinajstić information content (AvgIpc) is 2.12. The van der Waals surface area contributed by atoms with Gasteiger partial charge >= 0.3 is 0 Å². The summed E-state index contributed by atoms with van der Waals surface area (Å²) in [6, 6.07) is 0. The normalized spacial score (nSPS) is 21.5. The Kier molecular flexibility index (Phi) is 5.23. The minimum Gasteiger partial charge on any atom is -0.388 e. The fourth-order valence-electron chi connectivity index (χ4n) is 0.638. The molecule has 0 aromatic rings. The molecule has 0 radical (unpaired) electrons. The fourth-order valence-corrected chi connectivity index (χ4v) is 0.638. The molecular weight excluding hydrogens is 174 g/mol. The number of rotatable bonds is 5. The van der Waals surface area contributed by atoms with E-state index in [9.17, 15) is 8.78 Å². The van der Waals surface area contributed by atoms with E-state index in [1.54, 1.807) is 0 Å². The van der Waals surface area contributed by atoms with Crippen molar-refractivity contribution in [2.75, 3.05) is 13.3 Å². The van der Waals surface area contributed by atoms with Crippen LogP contribution in [0.3, 0.4) is 0 Å². The standard InChI is InChI=1S/C6H12F2O4/c7-1-3(9)5(11)6(12)4(10)2-8/h3-6,9-12H,1-2H2/t3-,4-,5-,6+/m1/s1. The summed E-state index contributed by atoms with van der Waals surface area (Å²) >= 11 is 0. The molecule has 0 aromatic heterocycles. The lowest BCUT2D eigenvalue weighted by Gasteiger charge is -2.23. The molecule has 0 aliphatic heterocycles. The van der Waals surface area contributed by atoms with E-state index >= 15 is 0 Å². The monoisotopic (exact) mass is 186 g/mol. The zero-order valence-electron chi connectivity index (χ0n) is 6.27. The topological polar surface area (TPSA) is 80.9 Å². The average molecular weight is 186 g/mol. The summed E-state index contributed by atoms with van der Waals surface area (Å²) in [5.74, 6) is 0. The molecule has 4 N–H and O–H groups in total. The van der Waals surface area contributed by atoms with E-state index in [4.69, 9.17) is 20.4 Å². The molecule has 0 bridgehead atoms. The molecule has 0 saturated carbocycles. The summed E-state index contributed by atoms with van der Waals surface area (Å²) in [7, 11) is 0. The van der Waals surface area contributed by atoms with Gasteiger partial charge in [-0.05, 0) is 0 Å². The van der Waals surface area contributed by atoms with Crippen molar-refractivity contribution in [3.63, 3.8) is 0 Å². The highest BCUT2D eigenvalue weighted by atomic mass is 19.1. The van der Waals surface area contributed by atoms with Crippen molar-refractivity contribution in [3.05, 3.63) is 0 Å². The second kappa shape index (κ2) is 5.36. The molecule has 0 aliphatic rings. The van der Waals surface area contributed by atoms with E-state index in [0.29, 0.717) is 0 Å². The first-order chi connectivity index (χ1) is 5.54. The van der Waals surface area contributed by atoms with Crippen LogP contribution in [-0.2, 0) is 0 Å².